The lowest BCUT2D eigenvalue weighted by molar-refractivity contribution is -0.143. The molecule has 0 aromatic heterocycles. The molecule has 228 valence electrons. The van der Waals surface area contributed by atoms with Crippen molar-refractivity contribution in [3.63, 3.8) is 0 Å². The normalized spacial score (nSPS) is 14.6. The molecule has 2 N–H and O–H groups in total. The largest absolute Gasteiger partial charge is 0.444 e. The Labute approximate surface area is 244 Å². The maximum Gasteiger partial charge on any atom is 0.408 e. The van der Waals surface area contributed by atoms with Gasteiger partial charge >= 0.3 is 6.09 Å². The van der Waals surface area contributed by atoms with E-state index in [-0.39, 0.29) is 23.8 Å². The van der Waals surface area contributed by atoms with Gasteiger partial charge in [0.1, 0.15) is 17.7 Å². The molecule has 1 aromatic carbocycles. The summed E-state index contributed by atoms with van der Waals surface area (Å²) in [5, 5.41) is 6.03. The SMILES string of the molecule is CCCCCCCN(C(=O)C(NC(=O)OC(C)(C)C)C(C)CC)C(C(=O)NC(C)CCC)c1cc(C)cc(C)c1. The number of nitrogens with zero attached hydrogens (tertiary/aromatic N) is 1. The van der Waals surface area contributed by atoms with Crippen LogP contribution in [0.1, 0.15) is 129 Å². The number of aryl methyl sites for hydroxylation is 2. The molecule has 0 bridgehead atoms. The van der Waals surface area contributed by atoms with Gasteiger partial charge in [-0.2, -0.15) is 0 Å². The molecule has 0 spiro atoms. The van der Waals surface area contributed by atoms with Crippen molar-refractivity contribution in [3.05, 3.63) is 34.9 Å². The van der Waals surface area contributed by atoms with E-state index < -0.39 is 23.8 Å². The molecule has 7 heteroatoms. The van der Waals surface area contributed by atoms with Crippen LogP contribution >= 0.6 is 0 Å². The van der Waals surface area contributed by atoms with Gasteiger partial charge in [-0.3, -0.25) is 9.59 Å². The molecule has 0 radical (unpaired) electrons. The summed E-state index contributed by atoms with van der Waals surface area (Å²) in [5.74, 6) is -0.587. The Bertz CT molecular complexity index is 920. The smallest absolute Gasteiger partial charge is 0.408 e. The van der Waals surface area contributed by atoms with E-state index in [1.807, 2.05) is 46.8 Å². The lowest BCUT2D eigenvalue weighted by atomic mass is 9.94. The topological polar surface area (TPSA) is 87.7 Å². The van der Waals surface area contributed by atoms with E-state index in [9.17, 15) is 14.4 Å². The second kappa shape index (κ2) is 17.3. The van der Waals surface area contributed by atoms with E-state index in [0.29, 0.717) is 13.0 Å². The van der Waals surface area contributed by atoms with Gasteiger partial charge in [0.05, 0.1) is 0 Å². The van der Waals surface area contributed by atoms with E-state index in [4.69, 9.17) is 4.74 Å². The van der Waals surface area contributed by atoms with E-state index in [1.165, 1.54) is 0 Å². The molecule has 4 unspecified atom stereocenters. The van der Waals surface area contributed by atoms with Gasteiger partial charge in [0.15, 0.2) is 0 Å². The molecule has 0 fully saturated rings. The highest BCUT2D eigenvalue weighted by Gasteiger charge is 2.38. The zero-order valence-corrected chi connectivity index (χ0v) is 27.0. The first-order valence-electron chi connectivity index (χ1n) is 15.4. The molecule has 0 aliphatic heterocycles. The predicted octanol–water partition coefficient (Wildman–Crippen LogP) is 7.39. The zero-order valence-electron chi connectivity index (χ0n) is 27.0. The molecule has 0 heterocycles. The second-order valence-corrected chi connectivity index (χ2v) is 12.5. The van der Waals surface area contributed by atoms with Crippen LogP contribution in [0.5, 0.6) is 0 Å². The Kier molecular flexibility index (Phi) is 15.3. The second-order valence-electron chi connectivity index (χ2n) is 12.5. The van der Waals surface area contributed by atoms with Crippen LogP contribution in [0.15, 0.2) is 18.2 Å². The lowest BCUT2D eigenvalue weighted by Crippen LogP contribution is -2.55. The van der Waals surface area contributed by atoms with Crippen LogP contribution in [0.4, 0.5) is 4.79 Å². The Hall–Kier alpha value is -2.57. The van der Waals surface area contributed by atoms with E-state index in [2.05, 4.69) is 30.5 Å². The fraction of sp³-hybridized carbons (Fsp3) is 0.727. The van der Waals surface area contributed by atoms with Gasteiger partial charge in [0.2, 0.25) is 11.8 Å². The van der Waals surface area contributed by atoms with Crippen molar-refractivity contribution < 1.29 is 19.1 Å². The molecule has 1 aromatic rings. The van der Waals surface area contributed by atoms with Gasteiger partial charge < -0.3 is 20.3 Å². The molecular weight excluding hydrogens is 502 g/mol. The minimum absolute atomic E-state index is 0.0161. The van der Waals surface area contributed by atoms with Crippen LogP contribution in [-0.2, 0) is 14.3 Å². The molecule has 40 heavy (non-hydrogen) atoms. The van der Waals surface area contributed by atoms with Gasteiger partial charge in [-0.25, -0.2) is 4.79 Å². The summed E-state index contributed by atoms with van der Waals surface area (Å²) in [6.45, 7) is 20.1. The Morgan fingerprint density at radius 3 is 2.00 bits per heavy atom. The average molecular weight is 560 g/mol. The van der Waals surface area contributed by atoms with Crippen molar-refractivity contribution in [2.75, 3.05) is 6.54 Å². The fourth-order valence-corrected chi connectivity index (χ4v) is 5.02. The van der Waals surface area contributed by atoms with E-state index >= 15 is 0 Å². The zero-order chi connectivity index (χ0) is 30.5. The molecule has 0 aliphatic rings. The molecule has 0 saturated carbocycles. The lowest BCUT2D eigenvalue weighted by Gasteiger charge is -2.36. The molecule has 7 nitrogen and oxygen atoms in total. The molecule has 1 rings (SSSR count). The number of carbonyl (C=O) groups is 3. The van der Waals surface area contributed by atoms with Gasteiger partial charge in [-0.15, -0.1) is 0 Å². The van der Waals surface area contributed by atoms with E-state index in [0.717, 1.165) is 61.6 Å². The molecule has 4 atom stereocenters. The number of rotatable bonds is 16. The summed E-state index contributed by atoms with van der Waals surface area (Å²) >= 11 is 0. The van der Waals surface area contributed by atoms with Gasteiger partial charge in [-0.05, 0) is 65.9 Å². The summed E-state index contributed by atoms with van der Waals surface area (Å²) in [6, 6.07) is 4.43. The number of carbonyl (C=O) groups excluding carboxylic acids is 3. The first-order valence-corrected chi connectivity index (χ1v) is 15.4. The van der Waals surface area contributed by atoms with Crippen molar-refractivity contribution in [1.82, 2.24) is 15.5 Å². The molecule has 3 amide bonds. The summed E-state index contributed by atoms with van der Waals surface area (Å²) in [4.78, 5) is 43.0. The monoisotopic (exact) mass is 559 g/mol. The van der Waals surface area contributed by atoms with Gasteiger partial charge in [0.25, 0.3) is 0 Å². The number of benzene rings is 1. The predicted molar refractivity (Wildman–Crippen MR) is 164 cm³/mol. The quantitative estimate of drug-likeness (QED) is 0.207. The maximum atomic E-state index is 14.4. The van der Waals surface area contributed by atoms with Crippen molar-refractivity contribution in [1.29, 1.82) is 0 Å². The maximum absolute atomic E-state index is 14.4. The van der Waals surface area contributed by atoms with E-state index in [1.54, 1.807) is 25.7 Å². The highest BCUT2D eigenvalue weighted by Crippen LogP contribution is 2.27. The standard InChI is InChI=1S/C33H57N3O4/c1-11-14-15-16-17-19-36(31(38)28(25(6)13-3)35-32(39)40-33(8,9)10)29(30(37)34-26(7)18-12-2)27-21-23(4)20-24(5)22-27/h20-22,25-26,28-29H,11-19H2,1-10H3,(H,34,37)(H,35,39). The average Bonchev–Trinajstić information content (AvgIpc) is 2.84. The van der Waals surface area contributed by atoms with Gasteiger partial charge in [-0.1, -0.05) is 95.5 Å². The molecule has 0 saturated heterocycles. The van der Waals surface area contributed by atoms with Crippen LogP contribution in [0.25, 0.3) is 0 Å². The third-order valence-electron chi connectivity index (χ3n) is 7.17. The molecule has 0 aliphatic carbocycles. The summed E-state index contributed by atoms with van der Waals surface area (Å²) < 4.78 is 5.52. The van der Waals surface area contributed by atoms with Crippen LogP contribution < -0.4 is 10.6 Å². The van der Waals surface area contributed by atoms with Crippen molar-refractivity contribution in [3.8, 4) is 0 Å². The number of nitrogens with one attached hydrogen (secondary N) is 2. The highest BCUT2D eigenvalue weighted by molar-refractivity contribution is 5.92. The van der Waals surface area contributed by atoms with Crippen LogP contribution in [0, 0.1) is 19.8 Å². The van der Waals surface area contributed by atoms with Crippen molar-refractivity contribution in [2.24, 2.45) is 5.92 Å². The summed E-state index contributed by atoms with van der Waals surface area (Å²) in [6.07, 6.45) is 6.96. The number of alkyl carbamates (subject to hydrolysis) is 1. The third-order valence-corrected chi connectivity index (χ3v) is 7.17. The number of unbranched alkanes of at least 4 members (excludes halogenated alkanes) is 4. The van der Waals surface area contributed by atoms with Crippen LogP contribution in [0.2, 0.25) is 0 Å². The highest BCUT2D eigenvalue weighted by atomic mass is 16.6. The number of amides is 3. The molecular formula is C33H57N3O4. The van der Waals surface area contributed by atoms with Crippen LogP contribution in [-0.4, -0.2) is 47.0 Å². The number of ether oxygens (including phenoxy) is 1. The van der Waals surface area contributed by atoms with Crippen molar-refractivity contribution in [2.45, 2.75) is 144 Å². The Morgan fingerprint density at radius 2 is 1.48 bits per heavy atom. The minimum Gasteiger partial charge on any atom is -0.444 e. The third kappa shape index (κ3) is 12.3. The Balaban J connectivity index is 3.59. The first kappa shape index (κ1) is 35.5. The summed E-state index contributed by atoms with van der Waals surface area (Å²) in [7, 11) is 0. The minimum atomic E-state index is -0.815. The fourth-order valence-electron chi connectivity index (χ4n) is 5.02. The number of hydrogen-bond donors (Lipinski definition) is 2. The summed E-state index contributed by atoms with van der Waals surface area (Å²) in [5.41, 5.74) is 2.18. The van der Waals surface area contributed by atoms with Gasteiger partial charge in [0, 0.05) is 12.6 Å². The first-order chi connectivity index (χ1) is 18.7. The number of hydrogen-bond acceptors (Lipinski definition) is 4. The van der Waals surface area contributed by atoms with Crippen molar-refractivity contribution >= 4 is 17.9 Å². The van der Waals surface area contributed by atoms with Crippen LogP contribution in [0.3, 0.4) is 0 Å². The Morgan fingerprint density at radius 1 is 0.875 bits per heavy atom.